The third kappa shape index (κ3) is 9.26. The molecule has 0 aliphatic rings. The molecule has 2 aromatic carbocycles. The van der Waals surface area contributed by atoms with Gasteiger partial charge in [0.15, 0.2) is 0 Å². The Morgan fingerprint density at radius 2 is 1.79 bits per heavy atom. The number of likely N-dealkylation sites (N-methyl/N-ethyl adjacent to an activating group) is 1. The molecular weight excluding hydrogens is 342 g/mol. The number of rotatable bonds is 8. The van der Waals surface area contributed by atoms with Gasteiger partial charge in [-0.3, -0.25) is 4.90 Å². The summed E-state index contributed by atoms with van der Waals surface area (Å²) in [5, 5.41) is 0. The molecule has 0 bridgehead atoms. The van der Waals surface area contributed by atoms with Gasteiger partial charge in [-0.1, -0.05) is 66.5 Å². The van der Waals surface area contributed by atoms with Crippen molar-refractivity contribution in [2.75, 3.05) is 20.2 Å². The van der Waals surface area contributed by atoms with Crippen LogP contribution in [0.1, 0.15) is 31.9 Å². The predicted molar refractivity (Wildman–Crippen MR) is 120 cm³/mol. The van der Waals surface area contributed by atoms with Crippen molar-refractivity contribution in [3.63, 3.8) is 0 Å². The molecule has 0 aliphatic carbocycles. The summed E-state index contributed by atoms with van der Waals surface area (Å²) in [6, 6.07) is 18.5. The van der Waals surface area contributed by atoms with E-state index in [0.29, 0.717) is 6.61 Å². The summed E-state index contributed by atoms with van der Waals surface area (Å²) in [6.45, 7) is 8.65. The number of hydrogen-bond donors (Lipinski definition) is 0. The standard InChI is InChI=1S/C26H31NO/c1-26(2,3)18-9-6-10-19-27(4)22-24-15-11-17-25(21-24)28-20-12-16-23-13-7-5-8-14-23/h5-8,10-17,21H,19-20,22H2,1-4H3/b10-6+,16-12+. The Balaban J connectivity index is 1.79. The monoisotopic (exact) mass is 373 g/mol. The smallest absolute Gasteiger partial charge is 0.120 e. The van der Waals surface area contributed by atoms with Crippen LogP contribution in [0.5, 0.6) is 5.75 Å². The molecule has 0 spiro atoms. The molecule has 28 heavy (non-hydrogen) atoms. The molecule has 0 saturated carbocycles. The van der Waals surface area contributed by atoms with Crippen LogP contribution in [-0.4, -0.2) is 25.1 Å². The summed E-state index contributed by atoms with van der Waals surface area (Å²) in [5.74, 6) is 7.22. The van der Waals surface area contributed by atoms with Crippen molar-refractivity contribution in [3.8, 4) is 17.6 Å². The molecule has 2 nitrogen and oxygen atoms in total. The van der Waals surface area contributed by atoms with E-state index >= 15 is 0 Å². The van der Waals surface area contributed by atoms with Crippen LogP contribution < -0.4 is 4.74 Å². The molecule has 0 N–H and O–H groups in total. The van der Waals surface area contributed by atoms with E-state index in [9.17, 15) is 0 Å². The quantitative estimate of drug-likeness (QED) is 0.541. The van der Waals surface area contributed by atoms with Crippen LogP contribution in [0.2, 0.25) is 0 Å². The van der Waals surface area contributed by atoms with Crippen LogP contribution in [0.4, 0.5) is 0 Å². The van der Waals surface area contributed by atoms with Gasteiger partial charge >= 0.3 is 0 Å². The molecule has 0 aliphatic heterocycles. The molecular formula is C26H31NO. The van der Waals surface area contributed by atoms with Crippen LogP contribution in [-0.2, 0) is 6.54 Å². The molecule has 2 aromatic rings. The van der Waals surface area contributed by atoms with Gasteiger partial charge in [0.1, 0.15) is 12.4 Å². The lowest BCUT2D eigenvalue weighted by Crippen LogP contribution is -2.17. The van der Waals surface area contributed by atoms with Gasteiger partial charge in [0.05, 0.1) is 0 Å². The largest absolute Gasteiger partial charge is 0.490 e. The van der Waals surface area contributed by atoms with Gasteiger partial charge in [-0.25, -0.2) is 0 Å². The van der Waals surface area contributed by atoms with E-state index in [4.69, 9.17) is 4.74 Å². The second-order valence-corrected chi connectivity index (χ2v) is 7.89. The normalized spacial score (nSPS) is 11.8. The fourth-order valence-electron chi connectivity index (χ4n) is 2.55. The Morgan fingerprint density at radius 3 is 2.54 bits per heavy atom. The van der Waals surface area contributed by atoms with Crippen LogP contribution in [0.3, 0.4) is 0 Å². The van der Waals surface area contributed by atoms with E-state index < -0.39 is 0 Å². The van der Waals surface area contributed by atoms with E-state index in [1.54, 1.807) is 0 Å². The van der Waals surface area contributed by atoms with Crippen molar-refractivity contribution in [2.45, 2.75) is 27.3 Å². The predicted octanol–water partition coefficient (Wildman–Crippen LogP) is 5.82. The molecule has 2 heteroatoms. The van der Waals surface area contributed by atoms with E-state index in [1.165, 1.54) is 11.1 Å². The molecule has 0 aromatic heterocycles. The highest BCUT2D eigenvalue weighted by Gasteiger charge is 2.02. The minimum Gasteiger partial charge on any atom is -0.490 e. The molecule has 0 fully saturated rings. The molecule has 0 unspecified atom stereocenters. The minimum absolute atomic E-state index is 0.0486. The van der Waals surface area contributed by atoms with Crippen LogP contribution >= 0.6 is 0 Å². The number of allylic oxidation sites excluding steroid dienone is 1. The van der Waals surface area contributed by atoms with E-state index in [2.05, 4.69) is 81.0 Å². The summed E-state index contributed by atoms with van der Waals surface area (Å²) in [7, 11) is 2.11. The van der Waals surface area contributed by atoms with E-state index in [1.807, 2.05) is 42.5 Å². The van der Waals surface area contributed by atoms with E-state index in [0.717, 1.165) is 18.8 Å². The Hall–Kier alpha value is -2.76. The lowest BCUT2D eigenvalue weighted by atomic mass is 9.98. The second kappa shape index (κ2) is 11.2. The van der Waals surface area contributed by atoms with Crippen molar-refractivity contribution in [1.82, 2.24) is 4.90 Å². The number of benzene rings is 2. The van der Waals surface area contributed by atoms with Crippen molar-refractivity contribution in [3.05, 3.63) is 84.0 Å². The first-order chi connectivity index (χ1) is 13.4. The number of hydrogen-bond acceptors (Lipinski definition) is 2. The van der Waals surface area contributed by atoms with Gasteiger partial charge in [-0.05, 0) is 63.2 Å². The van der Waals surface area contributed by atoms with Crippen molar-refractivity contribution >= 4 is 6.08 Å². The van der Waals surface area contributed by atoms with Crippen molar-refractivity contribution < 1.29 is 4.74 Å². The highest BCUT2D eigenvalue weighted by Crippen LogP contribution is 2.15. The summed E-state index contributed by atoms with van der Waals surface area (Å²) in [4.78, 5) is 2.25. The fraction of sp³-hybridized carbons (Fsp3) is 0.308. The Morgan fingerprint density at radius 1 is 1.00 bits per heavy atom. The zero-order valence-electron chi connectivity index (χ0n) is 17.5. The van der Waals surface area contributed by atoms with Gasteiger partial charge in [0, 0.05) is 18.5 Å². The molecule has 0 saturated heterocycles. The van der Waals surface area contributed by atoms with Gasteiger partial charge in [0.25, 0.3) is 0 Å². The average molecular weight is 374 g/mol. The summed E-state index contributed by atoms with van der Waals surface area (Å²) >= 11 is 0. The lowest BCUT2D eigenvalue weighted by molar-refractivity contribution is 0.353. The zero-order chi connectivity index (χ0) is 20.2. The average Bonchev–Trinajstić information content (AvgIpc) is 2.65. The summed E-state index contributed by atoms with van der Waals surface area (Å²) in [6.07, 6.45) is 8.16. The third-order valence-corrected chi connectivity index (χ3v) is 3.87. The topological polar surface area (TPSA) is 12.5 Å². The van der Waals surface area contributed by atoms with Crippen molar-refractivity contribution in [1.29, 1.82) is 0 Å². The number of nitrogens with zero attached hydrogens (tertiary/aromatic N) is 1. The maximum Gasteiger partial charge on any atom is 0.120 e. The first kappa shape index (κ1) is 21.5. The molecule has 146 valence electrons. The molecule has 0 amide bonds. The molecule has 0 radical (unpaired) electrons. The first-order valence-electron chi connectivity index (χ1n) is 9.72. The Labute approximate surface area is 170 Å². The second-order valence-electron chi connectivity index (χ2n) is 7.89. The summed E-state index contributed by atoms with van der Waals surface area (Å²) < 4.78 is 5.86. The Bertz CT molecular complexity index is 832. The first-order valence-corrected chi connectivity index (χ1v) is 9.72. The minimum atomic E-state index is 0.0486. The fourth-order valence-corrected chi connectivity index (χ4v) is 2.55. The molecule has 0 atom stereocenters. The van der Waals surface area contributed by atoms with Gasteiger partial charge in [0.2, 0.25) is 0 Å². The lowest BCUT2D eigenvalue weighted by Gasteiger charge is -2.15. The number of ether oxygens (including phenoxy) is 1. The zero-order valence-corrected chi connectivity index (χ0v) is 17.5. The summed E-state index contributed by atoms with van der Waals surface area (Å²) in [5.41, 5.74) is 2.47. The van der Waals surface area contributed by atoms with E-state index in [-0.39, 0.29) is 5.41 Å². The van der Waals surface area contributed by atoms with Crippen LogP contribution in [0.15, 0.2) is 72.8 Å². The van der Waals surface area contributed by atoms with Crippen molar-refractivity contribution in [2.24, 2.45) is 5.41 Å². The highest BCUT2D eigenvalue weighted by molar-refractivity contribution is 5.48. The van der Waals surface area contributed by atoms with Gasteiger partial charge in [-0.15, -0.1) is 0 Å². The molecule has 0 heterocycles. The Kier molecular flexibility index (Phi) is 8.59. The maximum absolute atomic E-state index is 5.86. The molecule has 2 rings (SSSR count). The van der Waals surface area contributed by atoms with Crippen LogP contribution in [0.25, 0.3) is 6.08 Å². The van der Waals surface area contributed by atoms with Crippen LogP contribution in [0, 0.1) is 17.3 Å². The highest BCUT2D eigenvalue weighted by atomic mass is 16.5. The SMILES string of the molecule is CN(C/C=C/C#CC(C)(C)C)Cc1cccc(OC/C=C/c2ccccc2)c1. The maximum atomic E-state index is 5.86. The third-order valence-electron chi connectivity index (χ3n) is 3.87. The van der Waals surface area contributed by atoms with Gasteiger partial charge < -0.3 is 4.74 Å². The van der Waals surface area contributed by atoms with Gasteiger partial charge in [-0.2, -0.15) is 0 Å².